The summed E-state index contributed by atoms with van der Waals surface area (Å²) in [5, 5.41) is 3.44. The number of guanidine groups is 1. The molecule has 0 bridgehead atoms. The van der Waals surface area contributed by atoms with E-state index in [-0.39, 0.29) is 28.7 Å². The molecular formula is C19H29IN6S. The number of pyridine rings is 1. The third-order valence-electron chi connectivity index (χ3n) is 4.35. The second kappa shape index (κ2) is 9.77. The van der Waals surface area contributed by atoms with Crippen LogP contribution in [0, 0.1) is 6.92 Å². The average molecular weight is 500 g/mol. The molecule has 1 aliphatic rings. The molecule has 2 aromatic rings. The van der Waals surface area contributed by atoms with E-state index in [9.17, 15) is 0 Å². The predicted octanol–water partition coefficient (Wildman–Crippen LogP) is 3.49. The Morgan fingerprint density at radius 1 is 1.33 bits per heavy atom. The first-order chi connectivity index (χ1) is 12.5. The lowest BCUT2D eigenvalue weighted by Gasteiger charge is -2.39. The number of aliphatic imine (C=N–C) groups is 1. The zero-order chi connectivity index (χ0) is 18.6. The minimum Gasteiger partial charge on any atom is -0.357 e. The molecule has 0 atom stereocenters. The van der Waals surface area contributed by atoms with E-state index in [0.717, 1.165) is 48.6 Å². The van der Waals surface area contributed by atoms with E-state index in [1.54, 1.807) is 6.20 Å². The molecule has 6 nitrogen and oxygen atoms in total. The van der Waals surface area contributed by atoms with E-state index in [0.29, 0.717) is 6.54 Å². The van der Waals surface area contributed by atoms with Crippen LogP contribution < -0.4 is 5.32 Å². The van der Waals surface area contributed by atoms with Crippen LogP contribution in [0.15, 0.2) is 35.7 Å². The smallest absolute Gasteiger partial charge is 0.194 e. The van der Waals surface area contributed by atoms with Gasteiger partial charge in [-0.2, -0.15) is 11.8 Å². The van der Waals surface area contributed by atoms with Crippen LogP contribution in [-0.4, -0.2) is 55.5 Å². The molecule has 8 heteroatoms. The van der Waals surface area contributed by atoms with Gasteiger partial charge in [-0.25, -0.2) is 15.0 Å². The van der Waals surface area contributed by atoms with Gasteiger partial charge in [0.15, 0.2) is 5.96 Å². The van der Waals surface area contributed by atoms with Crippen molar-refractivity contribution < 1.29 is 0 Å². The van der Waals surface area contributed by atoms with Gasteiger partial charge in [0, 0.05) is 48.7 Å². The van der Waals surface area contributed by atoms with E-state index in [2.05, 4.69) is 47.0 Å². The van der Waals surface area contributed by atoms with Crippen LogP contribution in [0.5, 0.6) is 0 Å². The molecule has 3 heterocycles. The molecule has 2 aromatic heterocycles. The van der Waals surface area contributed by atoms with Crippen molar-refractivity contribution in [3.8, 4) is 5.82 Å². The van der Waals surface area contributed by atoms with E-state index in [1.807, 2.05) is 41.7 Å². The number of hydrogen-bond acceptors (Lipinski definition) is 4. The molecule has 27 heavy (non-hydrogen) atoms. The minimum absolute atomic E-state index is 0. The van der Waals surface area contributed by atoms with Crippen LogP contribution in [0.4, 0.5) is 0 Å². The second-order valence-electron chi connectivity index (χ2n) is 7.07. The van der Waals surface area contributed by atoms with Crippen LogP contribution >= 0.6 is 35.7 Å². The zero-order valence-corrected chi connectivity index (χ0v) is 19.6. The lowest BCUT2D eigenvalue weighted by atomic mass is 10.2. The van der Waals surface area contributed by atoms with Crippen molar-refractivity contribution in [3.63, 3.8) is 0 Å². The fraction of sp³-hybridized carbons (Fsp3) is 0.526. The van der Waals surface area contributed by atoms with Gasteiger partial charge in [-0.3, -0.25) is 4.57 Å². The molecule has 3 rings (SSSR count). The van der Waals surface area contributed by atoms with E-state index in [4.69, 9.17) is 4.99 Å². The molecule has 0 radical (unpaired) electrons. The summed E-state index contributed by atoms with van der Waals surface area (Å²) in [4.78, 5) is 16.0. The van der Waals surface area contributed by atoms with Crippen molar-refractivity contribution in [1.82, 2.24) is 24.8 Å². The molecule has 1 N–H and O–H groups in total. The number of aromatic nitrogens is 3. The first kappa shape index (κ1) is 22.0. The Morgan fingerprint density at radius 2 is 2.15 bits per heavy atom. The fourth-order valence-electron chi connectivity index (χ4n) is 3.06. The molecule has 0 saturated carbocycles. The van der Waals surface area contributed by atoms with Gasteiger partial charge >= 0.3 is 0 Å². The Kier molecular flexibility index (Phi) is 7.96. The standard InChI is InChI=1S/C19H28N6S.HI/c1-5-20-18(24-10-11-26-19(3,4)14-24)23-13-16-6-7-17(22-12-16)25-9-8-21-15(25)2;/h6-9,12H,5,10-11,13-14H2,1-4H3,(H,20,23);1H. The van der Waals surface area contributed by atoms with Crippen molar-refractivity contribution in [1.29, 1.82) is 0 Å². The van der Waals surface area contributed by atoms with Gasteiger partial charge in [0.05, 0.1) is 6.54 Å². The first-order valence-corrected chi connectivity index (χ1v) is 10.1. The summed E-state index contributed by atoms with van der Waals surface area (Å²) in [5.74, 6) is 3.95. The van der Waals surface area contributed by atoms with Crippen LogP contribution in [0.25, 0.3) is 5.82 Å². The van der Waals surface area contributed by atoms with Gasteiger partial charge in [0.2, 0.25) is 0 Å². The summed E-state index contributed by atoms with van der Waals surface area (Å²) >= 11 is 2.03. The highest BCUT2D eigenvalue weighted by Crippen LogP contribution is 2.29. The molecule has 148 valence electrons. The van der Waals surface area contributed by atoms with Crippen LogP contribution in [0.1, 0.15) is 32.2 Å². The SMILES string of the molecule is CCNC(=NCc1ccc(-n2ccnc2C)nc1)N1CCSC(C)(C)C1.I. The number of imidazole rings is 1. The van der Waals surface area contributed by atoms with Gasteiger partial charge < -0.3 is 10.2 Å². The molecule has 0 aromatic carbocycles. The van der Waals surface area contributed by atoms with Gasteiger partial charge in [0.25, 0.3) is 0 Å². The number of nitrogens with zero attached hydrogens (tertiary/aromatic N) is 5. The summed E-state index contributed by atoms with van der Waals surface area (Å²) in [5.41, 5.74) is 1.10. The Hall–Kier alpha value is -1.29. The van der Waals surface area contributed by atoms with Gasteiger partial charge in [0.1, 0.15) is 11.6 Å². The maximum Gasteiger partial charge on any atom is 0.194 e. The molecule has 0 aliphatic carbocycles. The number of halogens is 1. The third kappa shape index (κ3) is 5.84. The first-order valence-electron chi connectivity index (χ1n) is 9.11. The minimum atomic E-state index is 0. The molecule has 1 aliphatic heterocycles. The Morgan fingerprint density at radius 3 is 2.74 bits per heavy atom. The number of hydrogen-bond donors (Lipinski definition) is 1. The summed E-state index contributed by atoms with van der Waals surface area (Å²) in [6.07, 6.45) is 5.61. The lowest BCUT2D eigenvalue weighted by Crippen LogP contribution is -2.50. The van der Waals surface area contributed by atoms with Gasteiger partial charge in [-0.1, -0.05) is 6.07 Å². The van der Waals surface area contributed by atoms with E-state index < -0.39 is 0 Å². The largest absolute Gasteiger partial charge is 0.357 e. The fourth-order valence-corrected chi connectivity index (χ4v) is 4.17. The Balaban J connectivity index is 0.00000261. The number of aryl methyl sites for hydroxylation is 1. The molecule has 0 unspecified atom stereocenters. The topological polar surface area (TPSA) is 58.3 Å². The van der Waals surface area contributed by atoms with Crippen molar-refractivity contribution in [3.05, 3.63) is 42.1 Å². The maximum absolute atomic E-state index is 4.85. The van der Waals surface area contributed by atoms with Crippen LogP contribution in [-0.2, 0) is 6.54 Å². The summed E-state index contributed by atoms with van der Waals surface area (Å²) in [7, 11) is 0. The van der Waals surface area contributed by atoms with Crippen molar-refractivity contribution in [2.45, 2.75) is 39.0 Å². The third-order valence-corrected chi connectivity index (χ3v) is 5.65. The maximum atomic E-state index is 4.85. The van der Waals surface area contributed by atoms with Crippen molar-refractivity contribution in [2.75, 3.05) is 25.4 Å². The summed E-state index contributed by atoms with van der Waals surface area (Å²) in [6.45, 7) is 12.2. The Labute approximate surface area is 183 Å². The molecule has 0 amide bonds. The normalized spacial score (nSPS) is 16.7. The average Bonchev–Trinajstić information content (AvgIpc) is 3.04. The predicted molar refractivity (Wildman–Crippen MR) is 124 cm³/mol. The highest BCUT2D eigenvalue weighted by molar-refractivity contribution is 14.0. The second-order valence-corrected chi connectivity index (χ2v) is 8.87. The summed E-state index contributed by atoms with van der Waals surface area (Å²) < 4.78 is 2.24. The lowest BCUT2D eigenvalue weighted by molar-refractivity contribution is 0.376. The zero-order valence-electron chi connectivity index (χ0n) is 16.5. The van der Waals surface area contributed by atoms with Crippen molar-refractivity contribution >= 4 is 41.7 Å². The number of thioether (sulfide) groups is 1. The van der Waals surface area contributed by atoms with Crippen LogP contribution in [0.2, 0.25) is 0 Å². The highest BCUT2D eigenvalue weighted by atomic mass is 127. The van der Waals surface area contributed by atoms with E-state index in [1.165, 1.54) is 0 Å². The quantitative estimate of drug-likeness (QED) is 0.396. The highest BCUT2D eigenvalue weighted by Gasteiger charge is 2.28. The number of nitrogens with one attached hydrogen (secondary N) is 1. The van der Waals surface area contributed by atoms with Gasteiger partial charge in [-0.05, 0) is 39.3 Å². The van der Waals surface area contributed by atoms with E-state index >= 15 is 0 Å². The monoisotopic (exact) mass is 500 g/mol. The summed E-state index contributed by atoms with van der Waals surface area (Å²) in [6, 6.07) is 4.11. The molecule has 1 fully saturated rings. The van der Waals surface area contributed by atoms with Gasteiger partial charge in [-0.15, -0.1) is 24.0 Å². The number of rotatable bonds is 4. The molecule has 1 saturated heterocycles. The van der Waals surface area contributed by atoms with Crippen molar-refractivity contribution in [2.24, 2.45) is 4.99 Å². The Bertz CT molecular complexity index is 756. The van der Waals surface area contributed by atoms with Crippen LogP contribution in [0.3, 0.4) is 0 Å². The molecular weight excluding hydrogens is 471 g/mol. The molecule has 0 spiro atoms.